The summed E-state index contributed by atoms with van der Waals surface area (Å²) in [5, 5.41) is 2.88. The Morgan fingerprint density at radius 3 is 2.59 bits per heavy atom. The van der Waals surface area contributed by atoms with Crippen molar-refractivity contribution in [3.05, 3.63) is 83.4 Å². The topological polar surface area (TPSA) is 64.4 Å². The van der Waals surface area contributed by atoms with E-state index in [1.165, 1.54) is 5.56 Å². The van der Waals surface area contributed by atoms with Crippen LogP contribution in [0.25, 0.3) is 22.6 Å². The molecule has 5 nitrogen and oxygen atoms in total. The molecule has 0 atom stereocenters. The predicted octanol–water partition coefficient (Wildman–Crippen LogP) is 4.81. The summed E-state index contributed by atoms with van der Waals surface area (Å²) in [6.07, 6.45) is 0. The fourth-order valence-corrected chi connectivity index (χ4v) is 3.12. The Morgan fingerprint density at radius 2 is 1.83 bits per heavy atom. The van der Waals surface area contributed by atoms with E-state index in [4.69, 9.17) is 9.15 Å². The summed E-state index contributed by atoms with van der Waals surface area (Å²) in [5.41, 5.74) is 5.68. The van der Waals surface area contributed by atoms with Crippen LogP contribution in [0.5, 0.6) is 5.75 Å². The van der Waals surface area contributed by atoms with Gasteiger partial charge in [0.15, 0.2) is 12.2 Å². The zero-order valence-electron chi connectivity index (χ0n) is 16.4. The largest absolute Gasteiger partial charge is 0.484 e. The van der Waals surface area contributed by atoms with Gasteiger partial charge in [0.2, 0.25) is 5.89 Å². The third-order valence-corrected chi connectivity index (χ3v) is 4.67. The lowest BCUT2D eigenvalue weighted by atomic mass is 10.1. The molecule has 5 heteroatoms. The van der Waals surface area contributed by atoms with Crippen LogP contribution in [-0.4, -0.2) is 17.5 Å². The lowest BCUT2D eigenvalue weighted by molar-refractivity contribution is -0.123. The molecular weight excluding hydrogens is 364 g/mol. The summed E-state index contributed by atoms with van der Waals surface area (Å²) >= 11 is 0. The molecule has 0 saturated heterocycles. The number of aromatic nitrogens is 1. The van der Waals surface area contributed by atoms with Crippen molar-refractivity contribution >= 4 is 17.0 Å². The lowest BCUT2D eigenvalue weighted by Gasteiger charge is -2.10. The number of carbonyl (C=O) groups excluding carboxylic acids is 1. The molecule has 4 rings (SSSR count). The van der Waals surface area contributed by atoms with Gasteiger partial charge in [-0.15, -0.1) is 0 Å². The predicted molar refractivity (Wildman–Crippen MR) is 113 cm³/mol. The van der Waals surface area contributed by atoms with Crippen molar-refractivity contribution in [1.82, 2.24) is 10.3 Å². The van der Waals surface area contributed by atoms with Gasteiger partial charge in [-0.05, 0) is 55.3 Å². The zero-order valence-corrected chi connectivity index (χ0v) is 16.4. The number of nitrogens with one attached hydrogen (secondary N) is 1. The number of hydrogen-bond acceptors (Lipinski definition) is 4. The fourth-order valence-electron chi connectivity index (χ4n) is 3.12. The van der Waals surface area contributed by atoms with Crippen molar-refractivity contribution in [1.29, 1.82) is 0 Å². The summed E-state index contributed by atoms with van der Waals surface area (Å²) in [4.78, 5) is 16.6. The Hall–Kier alpha value is -3.60. The van der Waals surface area contributed by atoms with Crippen LogP contribution >= 0.6 is 0 Å². The molecule has 0 unspecified atom stereocenters. The van der Waals surface area contributed by atoms with E-state index in [1.54, 1.807) is 0 Å². The molecule has 1 aromatic heterocycles. The maximum absolute atomic E-state index is 12.1. The molecule has 0 aliphatic rings. The quantitative estimate of drug-likeness (QED) is 0.517. The minimum absolute atomic E-state index is 0.00904. The Labute approximate surface area is 169 Å². The molecule has 3 aromatic carbocycles. The monoisotopic (exact) mass is 386 g/mol. The summed E-state index contributed by atoms with van der Waals surface area (Å²) in [7, 11) is 0. The number of carbonyl (C=O) groups is 1. The van der Waals surface area contributed by atoms with Gasteiger partial charge >= 0.3 is 0 Å². The van der Waals surface area contributed by atoms with Crippen molar-refractivity contribution < 1.29 is 13.9 Å². The number of benzene rings is 3. The molecule has 146 valence electrons. The Morgan fingerprint density at radius 1 is 1.03 bits per heavy atom. The molecule has 0 saturated carbocycles. The number of aryl methyl sites for hydroxylation is 2. The third-order valence-electron chi connectivity index (χ3n) is 4.67. The van der Waals surface area contributed by atoms with Crippen LogP contribution in [0.3, 0.4) is 0 Å². The van der Waals surface area contributed by atoms with E-state index >= 15 is 0 Å². The van der Waals surface area contributed by atoms with Crippen LogP contribution in [0.4, 0.5) is 0 Å². The number of rotatable bonds is 6. The Bertz CT molecular complexity index is 1110. The highest BCUT2D eigenvalue weighted by atomic mass is 16.5. The SMILES string of the molecule is Cc1ccc(OCC(=O)NCc2ccc(-c3nc4ccccc4o3)cc2)c(C)c1. The molecule has 29 heavy (non-hydrogen) atoms. The number of ether oxygens (including phenoxy) is 1. The van der Waals surface area contributed by atoms with Crippen LogP contribution in [0.2, 0.25) is 0 Å². The average Bonchev–Trinajstić information content (AvgIpc) is 3.16. The Balaban J connectivity index is 1.32. The number of amides is 1. The van der Waals surface area contributed by atoms with Gasteiger partial charge in [0.25, 0.3) is 5.91 Å². The fraction of sp³-hybridized carbons (Fsp3) is 0.167. The normalized spacial score (nSPS) is 10.8. The van der Waals surface area contributed by atoms with E-state index in [-0.39, 0.29) is 12.5 Å². The first kappa shape index (κ1) is 18.7. The summed E-state index contributed by atoms with van der Waals surface area (Å²) in [6, 6.07) is 21.4. The van der Waals surface area contributed by atoms with Crippen LogP contribution in [0.1, 0.15) is 16.7 Å². The summed E-state index contributed by atoms with van der Waals surface area (Å²) < 4.78 is 11.4. The van der Waals surface area contributed by atoms with E-state index in [9.17, 15) is 4.79 Å². The summed E-state index contributed by atoms with van der Waals surface area (Å²) in [6.45, 7) is 4.42. The average molecular weight is 386 g/mol. The van der Waals surface area contributed by atoms with Gasteiger partial charge in [-0.1, -0.05) is 42.0 Å². The number of oxazole rings is 1. The first-order valence-electron chi connectivity index (χ1n) is 9.50. The van der Waals surface area contributed by atoms with Crippen molar-refractivity contribution in [2.24, 2.45) is 0 Å². The molecule has 1 amide bonds. The van der Waals surface area contributed by atoms with E-state index in [1.807, 2.05) is 80.6 Å². The summed E-state index contributed by atoms with van der Waals surface area (Å²) in [5.74, 6) is 1.16. The van der Waals surface area contributed by atoms with Gasteiger partial charge in [-0.3, -0.25) is 4.79 Å². The third kappa shape index (κ3) is 4.46. The second-order valence-electron chi connectivity index (χ2n) is 7.02. The lowest BCUT2D eigenvalue weighted by Crippen LogP contribution is -2.28. The molecule has 0 spiro atoms. The molecule has 1 heterocycles. The Kier molecular flexibility index (Phi) is 5.29. The van der Waals surface area contributed by atoms with Gasteiger partial charge in [-0.2, -0.15) is 0 Å². The standard InChI is InChI=1S/C24H22N2O3/c1-16-7-12-21(17(2)13-16)28-15-23(27)25-14-18-8-10-19(11-9-18)24-26-20-5-3-4-6-22(20)29-24/h3-13H,14-15H2,1-2H3,(H,25,27). The first-order chi connectivity index (χ1) is 14.1. The van der Waals surface area contributed by atoms with Crippen molar-refractivity contribution in [3.63, 3.8) is 0 Å². The molecular formula is C24H22N2O3. The van der Waals surface area contributed by atoms with E-state index in [0.29, 0.717) is 12.4 Å². The van der Waals surface area contributed by atoms with Crippen LogP contribution < -0.4 is 10.1 Å². The van der Waals surface area contributed by atoms with Crippen molar-refractivity contribution in [3.8, 4) is 17.2 Å². The van der Waals surface area contributed by atoms with Gasteiger partial charge in [0, 0.05) is 12.1 Å². The van der Waals surface area contributed by atoms with E-state index in [2.05, 4.69) is 10.3 Å². The molecule has 0 aliphatic heterocycles. The highest BCUT2D eigenvalue weighted by Crippen LogP contribution is 2.24. The van der Waals surface area contributed by atoms with Crippen molar-refractivity contribution in [2.45, 2.75) is 20.4 Å². The highest BCUT2D eigenvalue weighted by Gasteiger charge is 2.08. The molecule has 0 radical (unpaired) electrons. The van der Waals surface area contributed by atoms with E-state index < -0.39 is 0 Å². The smallest absolute Gasteiger partial charge is 0.258 e. The maximum atomic E-state index is 12.1. The molecule has 1 N–H and O–H groups in total. The number of para-hydroxylation sites is 2. The maximum Gasteiger partial charge on any atom is 0.258 e. The van der Waals surface area contributed by atoms with Crippen LogP contribution in [-0.2, 0) is 11.3 Å². The molecule has 4 aromatic rings. The van der Waals surface area contributed by atoms with E-state index in [0.717, 1.165) is 33.5 Å². The van der Waals surface area contributed by atoms with Crippen LogP contribution in [0, 0.1) is 13.8 Å². The second-order valence-corrected chi connectivity index (χ2v) is 7.02. The minimum Gasteiger partial charge on any atom is -0.484 e. The van der Waals surface area contributed by atoms with Gasteiger partial charge in [0.1, 0.15) is 11.3 Å². The zero-order chi connectivity index (χ0) is 20.2. The highest BCUT2D eigenvalue weighted by molar-refractivity contribution is 5.78. The van der Waals surface area contributed by atoms with Gasteiger partial charge < -0.3 is 14.5 Å². The number of hydrogen-bond donors (Lipinski definition) is 1. The van der Waals surface area contributed by atoms with Crippen molar-refractivity contribution in [2.75, 3.05) is 6.61 Å². The van der Waals surface area contributed by atoms with Gasteiger partial charge in [-0.25, -0.2) is 4.98 Å². The van der Waals surface area contributed by atoms with Crippen LogP contribution in [0.15, 0.2) is 71.1 Å². The minimum atomic E-state index is -0.159. The number of fused-ring (bicyclic) bond motifs is 1. The van der Waals surface area contributed by atoms with Gasteiger partial charge in [0.05, 0.1) is 0 Å². The second kappa shape index (κ2) is 8.19. The molecule has 0 bridgehead atoms. The molecule has 0 fully saturated rings. The first-order valence-corrected chi connectivity index (χ1v) is 9.50. The molecule has 0 aliphatic carbocycles. The number of nitrogens with zero attached hydrogens (tertiary/aromatic N) is 1.